The van der Waals surface area contributed by atoms with Gasteiger partial charge in [-0.1, -0.05) is 0 Å². The first-order chi connectivity index (χ1) is 11.2. The Balaban J connectivity index is 1.90. The van der Waals surface area contributed by atoms with Crippen molar-refractivity contribution in [3.8, 4) is 0 Å². The van der Waals surface area contributed by atoms with E-state index in [4.69, 9.17) is 0 Å². The predicted octanol–water partition coefficient (Wildman–Crippen LogP) is 5.01. The Hall–Kier alpha value is -0.651. The fourth-order valence-electron chi connectivity index (χ4n) is 3.59. The average Bonchev–Trinajstić information content (AvgIpc) is 2.64. The molecule has 1 saturated carbocycles. The van der Waals surface area contributed by atoms with Crippen LogP contribution in [0.25, 0.3) is 0 Å². The van der Waals surface area contributed by atoms with Crippen LogP contribution in [0.3, 0.4) is 0 Å². The third kappa shape index (κ3) is 4.06. The summed E-state index contributed by atoms with van der Waals surface area (Å²) in [5.41, 5.74) is 0.649. The van der Waals surface area contributed by atoms with Gasteiger partial charge in [0, 0.05) is 0 Å². The van der Waals surface area contributed by atoms with E-state index in [0.29, 0.717) is 6.04 Å². The molecule has 1 nitrogen and oxygen atoms in total. The molecule has 0 radical (unpaired) electrons. The van der Waals surface area contributed by atoms with Crippen LogP contribution in [-0.4, -0.2) is 20.8 Å². The molecular weight excluding hydrogens is 364 g/mol. The van der Waals surface area contributed by atoms with E-state index < -0.39 is 5.66 Å². The van der Waals surface area contributed by atoms with Crippen molar-refractivity contribution >= 4 is 26.1 Å². The maximum absolute atomic E-state index is 4.05. The summed E-state index contributed by atoms with van der Waals surface area (Å²) in [6.45, 7) is 2.30. The summed E-state index contributed by atoms with van der Waals surface area (Å²) in [5, 5.41) is 5.53. The number of hydrogen-bond donors (Lipinski definition) is 1. The molecule has 3 heteroatoms. The van der Waals surface area contributed by atoms with E-state index in [9.17, 15) is 0 Å². The Morgan fingerprint density at radius 3 is 2.09 bits per heavy atom. The maximum atomic E-state index is 4.05. The van der Waals surface area contributed by atoms with Gasteiger partial charge in [-0.25, -0.2) is 0 Å². The molecule has 2 aromatic rings. The van der Waals surface area contributed by atoms with E-state index in [0.717, 1.165) is 5.66 Å². The van der Waals surface area contributed by atoms with Crippen LogP contribution >= 0.6 is 5.66 Å². The molecule has 0 bridgehead atoms. The number of rotatable bonds is 5. The van der Waals surface area contributed by atoms with E-state index in [2.05, 4.69) is 87.8 Å². The quantitative estimate of drug-likeness (QED) is 0.559. The molecule has 1 aliphatic carbocycles. The Labute approximate surface area is 148 Å². The summed E-state index contributed by atoms with van der Waals surface area (Å²) in [6.07, 6.45) is 6.86. The fourth-order valence-corrected chi connectivity index (χ4v) is 9.89. The molecule has 2 atom stereocenters. The molecule has 1 fully saturated rings. The first-order valence-corrected chi connectivity index (χ1v) is 12.8. The Morgan fingerprint density at radius 1 is 0.913 bits per heavy atom. The summed E-state index contributed by atoms with van der Waals surface area (Å²) in [4.78, 5) is 0. The van der Waals surface area contributed by atoms with Crippen molar-refractivity contribution in [3.63, 3.8) is 0 Å². The standard InChI is InChI=1S/C20H26NPSe/c1-17(18-11-5-2-6-12-18)21-22(23,19-13-7-3-8-14-19)20-15-9-4-10-16-20/h2-3,5-8,11-14,17,20H,4,9-10,15-16H2,1H3,(H,21,23)/t17-,22?/m1/s1. The van der Waals surface area contributed by atoms with Gasteiger partial charge in [-0.2, -0.15) is 0 Å². The van der Waals surface area contributed by atoms with Crippen LogP contribution in [0, 0.1) is 0 Å². The summed E-state index contributed by atoms with van der Waals surface area (Å²) >= 11 is 3.68. The second kappa shape index (κ2) is 7.95. The summed E-state index contributed by atoms with van der Waals surface area (Å²) in [6, 6.07) is 22.3. The molecule has 1 N–H and O–H groups in total. The van der Waals surface area contributed by atoms with Crippen LogP contribution in [0.2, 0.25) is 0 Å². The van der Waals surface area contributed by atoms with Crippen LogP contribution in [0.5, 0.6) is 0 Å². The molecule has 0 saturated heterocycles. The molecule has 0 aliphatic heterocycles. The third-order valence-electron chi connectivity index (χ3n) is 4.91. The first kappa shape index (κ1) is 17.2. The molecule has 3 rings (SSSR count). The van der Waals surface area contributed by atoms with Crippen molar-refractivity contribution in [2.24, 2.45) is 0 Å². The van der Waals surface area contributed by atoms with Crippen LogP contribution in [-0.2, 0) is 0 Å². The van der Waals surface area contributed by atoms with Crippen LogP contribution in [0.4, 0.5) is 0 Å². The van der Waals surface area contributed by atoms with Crippen molar-refractivity contribution in [1.29, 1.82) is 0 Å². The van der Waals surface area contributed by atoms with Gasteiger partial charge in [-0.3, -0.25) is 0 Å². The second-order valence-corrected chi connectivity index (χ2v) is 13.0. The zero-order valence-corrected chi connectivity index (χ0v) is 16.4. The summed E-state index contributed by atoms with van der Waals surface area (Å²) in [7, 11) is 0. The molecule has 23 heavy (non-hydrogen) atoms. The van der Waals surface area contributed by atoms with E-state index >= 15 is 0 Å². The van der Waals surface area contributed by atoms with Gasteiger partial charge in [0.2, 0.25) is 0 Å². The number of hydrogen-bond acceptors (Lipinski definition) is 1. The molecule has 1 unspecified atom stereocenters. The van der Waals surface area contributed by atoms with E-state index in [1.165, 1.54) is 43.0 Å². The van der Waals surface area contributed by atoms with Crippen molar-refractivity contribution in [1.82, 2.24) is 5.09 Å². The van der Waals surface area contributed by atoms with E-state index in [-0.39, 0.29) is 0 Å². The molecular formula is C20H26NPSe. The SMILES string of the molecule is C[C@@H](NP(=[Se])(c1ccccc1)C1CCCCC1)c1ccccc1. The van der Waals surface area contributed by atoms with Crippen molar-refractivity contribution < 1.29 is 0 Å². The van der Waals surface area contributed by atoms with Crippen molar-refractivity contribution in [2.45, 2.75) is 50.7 Å². The van der Waals surface area contributed by atoms with Gasteiger partial charge in [0.15, 0.2) is 0 Å². The van der Waals surface area contributed by atoms with Crippen LogP contribution in [0.1, 0.15) is 50.6 Å². The Bertz CT molecular complexity index is 650. The normalized spacial score (nSPS) is 19.9. The van der Waals surface area contributed by atoms with E-state index in [1.807, 2.05) is 0 Å². The molecule has 2 aromatic carbocycles. The van der Waals surface area contributed by atoms with Gasteiger partial charge in [0.05, 0.1) is 0 Å². The average molecular weight is 390 g/mol. The second-order valence-electron chi connectivity index (χ2n) is 6.55. The van der Waals surface area contributed by atoms with Crippen molar-refractivity contribution in [3.05, 3.63) is 66.2 Å². The molecule has 1 aliphatic rings. The Morgan fingerprint density at radius 2 is 1.48 bits per heavy atom. The van der Waals surface area contributed by atoms with Crippen molar-refractivity contribution in [2.75, 3.05) is 0 Å². The molecule has 122 valence electrons. The third-order valence-corrected chi connectivity index (χ3v) is 12.2. The monoisotopic (exact) mass is 391 g/mol. The minimum atomic E-state index is -1.49. The van der Waals surface area contributed by atoms with Crippen LogP contribution < -0.4 is 10.4 Å². The molecule has 0 heterocycles. The van der Waals surface area contributed by atoms with Gasteiger partial charge >= 0.3 is 148 Å². The van der Waals surface area contributed by atoms with Gasteiger partial charge in [0.25, 0.3) is 0 Å². The molecule has 0 spiro atoms. The fraction of sp³-hybridized carbons (Fsp3) is 0.400. The van der Waals surface area contributed by atoms with E-state index in [1.54, 1.807) is 0 Å². The zero-order chi connectivity index (χ0) is 16.1. The first-order valence-electron chi connectivity index (χ1n) is 8.68. The molecule has 0 aromatic heterocycles. The summed E-state index contributed by atoms with van der Waals surface area (Å²) < 4.78 is 0. The van der Waals surface area contributed by atoms with Gasteiger partial charge in [-0.05, 0) is 0 Å². The topological polar surface area (TPSA) is 12.0 Å². The zero-order valence-electron chi connectivity index (χ0n) is 13.8. The minimum absolute atomic E-state index is 0.368. The van der Waals surface area contributed by atoms with Crippen LogP contribution in [0.15, 0.2) is 60.7 Å². The number of benzene rings is 2. The summed E-state index contributed by atoms with van der Waals surface area (Å²) in [5.74, 6) is 0. The van der Waals surface area contributed by atoms with Gasteiger partial charge in [-0.15, -0.1) is 0 Å². The number of nitrogens with one attached hydrogen (secondary N) is 1. The Kier molecular flexibility index (Phi) is 5.94. The predicted molar refractivity (Wildman–Crippen MR) is 104 cm³/mol. The molecule has 0 amide bonds. The van der Waals surface area contributed by atoms with Gasteiger partial charge in [0.1, 0.15) is 0 Å². The van der Waals surface area contributed by atoms with Gasteiger partial charge < -0.3 is 0 Å².